The molecule has 0 aromatic rings. The van der Waals surface area contributed by atoms with Crippen molar-refractivity contribution in [1.82, 2.24) is 0 Å². The average molecular weight is 242 g/mol. The number of carbonyl (C=O) groups excluding carboxylic acids is 2. The van der Waals surface area contributed by atoms with E-state index < -0.39 is 36.0 Å². The normalized spacial score (nSPS) is 27.3. The molecule has 0 radical (unpaired) electrons. The number of carboxylic acids is 1. The SMILES string of the molecule is CC(=O)OC1C=CCC(C(=O)O)C1OC(C)=O. The van der Waals surface area contributed by atoms with Crippen molar-refractivity contribution < 1.29 is 29.0 Å². The zero-order chi connectivity index (χ0) is 13.0. The van der Waals surface area contributed by atoms with Crippen LogP contribution in [0.5, 0.6) is 0 Å². The lowest BCUT2D eigenvalue weighted by atomic mass is 9.89. The highest BCUT2D eigenvalue weighted by Gasteiger charge is 2.39. The van der Waals surface area contributed by atoms with Gasteiger partial charge in [0.25, 0.3) is 0 Å². The van der Waals surface area contributed by atoms with Gasteiger partial charge in [-0.2, -0.15) is 0 Å². The maximum Gasteiger partial charge on any atom is 0.310 e. The second-order valence-corrected chi connectivity index (χ2v) is 3.76. The van der Waals surface area contributed by atoms with Crippen molar-refractivity contribution in [2.75, 3.05) is 0 Å². The highest BCUT2D eigenvalue weighted by atomic mass is 16.6. The van der Waals surface area contributed by atoms with Gasteiger partial charge in [-0.15, -0.1) is 0 Å². The van der Waals surface area contributed by atoms with Gasteiger partial charge in [-0.25, -0.2) is 0 Å². The van der Waals surface area contributed by atoms with Crippen molar-refractivity contribution in [3.8, 4) is 0 Å². The molecule has 1 aliphatic rings. The molecule has 1 aliphatic carbocycles. The molecule has 0 saturated carbocycles. The van der Waals surface area contributed by atoms with E-state index in [2.05, 4.69) is 0 Å². The van der Waals surface area contributed by atoms with Crippen LogP contribution in [0.3, 0.4) is 0 Å². The third-order valence-corrected chi connectivity index (χ3v) is 2.36. The van der Waals surface area contributed by atoms with Crippen LogP contribution in [-0.2, 0) is 23.9 Å². The molecular formula is C11H14O6. The lowest BCUT2D eigenvalue weighted by Gasteiger charge is -2.31. The quantitative estimate of drug-likeness (QED) is 0.573. The first-order chi connectivity index (χ1) is 7.91. The Hall–Kier alpha value is -1.85. The molecule has 0 aromatic heterocycles. The van der Waals surface area contributed by atoms with Crippen LogP contribution >= 0.6 is 0 Å². The number of carbonyl (C=O) groups is 3. The van der Waals surface area contributed by atoms with E-state index >= 15 is 0 Å². The van der Waals surface area contributed by atoms with Gasteiger partial charge >= 0.3 is 17.9 Å². The fourth-order valence-corrected chi connectivity index (χ4v) is 1.71. The zero-order valence-corrected chi connectivity index (χ0v) is 9.58. The second kappa shape index (κ2) is 5.47. The summed E-state index contributed by atoms with van der Waals surface area (Å²) in [4.78, 5) is 32.8. The van der Waals surface area contributed by atoms with E-state index in [0.29, 0.717) is 0 Å². The first-order valence-electron chi connectivity index (χ1n) is 5.15. The fourth-order valence-electron chi connectivity index (χ4n) is 1.71. The summed E-state index contributed by atoms with van der Waals surface area (Å²) in [7, 11) is 0. The Kier molecular flexibility index (Phi) is 4.25. The lowest BCUT2D eigenvalue weighted by molar-refractivity contribution is -0.172. The van der Waals surface area contributed by atoms with Crippen molar-refractivity contribution >= 4 is 17.9 Å². The van der Waals surface area contributed by atoms with Gasteiger partial charge in [-0.1, -0.05) is 6.08 Å². The van der Waals surface area contributed by atoms with Crippen molar-refractivity contribution in [2.45, 2.75) is 32.5 Å². The highest BCUT2D eigenvalue weighted by Crippen LogP contribution is 2.25. The number of ether oxygens (including phenoxy) is 2. The van der Waals surface area contributed by atoms with E-state index in [4.69, 9.17) is 14.6 Å². The molecule has 0 amide bonds. The maximum atomic E-state index is 11.0. The lowest BCUT2D eigenvalue weighted by Crippen LogP contribution is -2.44. The monoisotopic (exact) mass is 242 g/mol. The first kappa shape index (κ1) is 13.2. The molecule has 17 heavy (non-hydrogen) atoms. The van der Waals surface area contributed by atoms with E-state index in [1.807, 2.05) is 0 Å². The molecule has 0 heterocycles. The van der Waals surface area contributed by atoms with Crippen LogP contribution < -0.4 is 0 Å². The molecule has 0 aliphatic heterocycles. The van der Waals surface area contributed by atoms with Crippen LogP contribution in [0, 0.1) is 5.92 Å². The molecule has 0 saturated heterocycles. The van der Waals surface area contributed by atoms with E-state index in [0.717, 1.165) is 0 Å². The number of rotatable bonds is 3. The van der Waals surface area contributed by atoms with E-state index in [9.17, 15) is 14.4 Å². The molecule has 6 heteroatoms. The van der Waals surface area contributed by atoms with E-state index in [-0.39, 0.29) is 6.42 Å². The average Bonchev–Trinajstić information content (AvgIpc) is 2.18. The van der Waals surface area contributed by atoms with Crippen LogP contribution in [0.15, 0.2) is 12.2 Å². The summed E-state index contributed by atoms with van der Waals surface area (Å²) in [6.45, 7) is 2.39. The standard InChI is InChI=1S/C11H14O6/c1-6(12)16-9-5-3-4-8(11(14)15)10(9)17-7(2)13/h3,5,8-10H,4H2,1-2H3,(H,14,15). The summed E-state index contributed by atoms with van der Waals surface area (Å²) in [5, 5.41) is 9.01. The van der Waals surface area contributed by atoms with Crippen molar-refractivity contribution in [2.24, 2.45) is 5.92 Å². The summed E-state index contributed by atoms with van der Waals surface area (Å²) in [5.41, 5.74) is 0. The van der Waals surface area contributed by atoms with Gasteiger partial charge in [0.1, 0.15) is 5.92 Å². The van der Waals surface area contributed by atoms with Crippen LogP contribution in [0.25, 0.3) is 0 Å². The molecule has 0 bridgehead atoms. The second-order valence-electron chi connectivity index (χ2n) is 3.76. The molecule has 6 nitrogen and oxygen atoms in total. The molecule has 0 fully saturated rings. The zero-order valence-electron chi connectivity index (χ0n) is 9.58. The number of carboxylic acid groups (broad SMARTS) is 1. The highest BCUT2D eigenvalue weighted by molar-refractivity contribution is 5.73. The van der Waals surface area contributed by atoms with Crippen LogP contribution in [0.2, 0.25) is 0 Å². The van der Waals surface area contributed by atoms with Gasteiger partial charge in [-0.3, -0.25) is 14.4 Å². The number of allylic oxidation sites excluding steroid dienone is 1. The van der Waals surface area contributed by atoms with Crippen LogP contribution in [0.1, 0.15) is 20.3 Å². The topological polar surface area (TPSA) is 89.9 Å². The van der Waals surface area contributed by atoms with Crippen molar-refractivity contribution in [3.63, 3.8) is 0 Å². The Bertz CT molecular complexity index is 359. The minimum Gasteiger partial charge on any atom is -0.481 e. The van der Waals surface area contributed by atoms with Gasteiger partial charge < -0.3 is 14.6 Å². The number of hydrogen-bond donors (Lipinski definition) is 1. The van der Waals surface area contributed by atoms with Gasteiger partial charge in [0, 0.05) is 13.8 Å². The minimum atomic E-state index is -1.09. The molecular weight excluding hydrogens is 228 g/mol. The fraction of sp³-hybridized carbons (Fsp3) is 0.545. The predicted molar refractivity (Wildman–Crippen MR) is 56.0 cm³/mol. The van der Waals surface area contributed by atoms with Gasteiger partial charge in [0.05, 0.1) is 0 Å². The number of esters is 2. The summed E-state index contributed by atoms with van der Waals surface area (Å²) < 4.78 is 9.85. The third kappa shape index (κ3) is 3.58. The number of aliphatic carboxylic acids is 1. The molecule has 0 aromatic carbocycles. The molecule has 1 N–H and O–H groups in total. The van der Waals surface area contributed by atoms with E-state index in [1.165, 1.54) is 19.9 Å². The van der Waals surface area contributed by atoms with Crippen molar-refractivity contribution in [3.05, 3.63) is 12.2 Å². The smallest absolute Gasteiger partial charge is 0.310 e. The summed E-state index contributed by atoms with van der Waals surface area (Å²) in [6.07, 6.45) is 1.57. The van der Waals surface area contributed by atoms with Crippen LogP contribution in [0.4, 0.5) is 0 Å². The largest absolute Gasteiger partial charge is 0.481 e. The van der Waals surface area contributed by atoms with Gasteiger partial charge in [0.2, 0.25) is 0 Å². The van der Waals surface area contributed by atoms with E-state index in [1.54, 1.807) is 6.08 Å². The van der Waals surface area contributed by atoms with Gasteiger partial charge in [-0.05, 0) is 12.5 Å². The first-order valence-corrected chi connectivity index (χ1v) is 5.15. The van der Waals surface area contributed by atoms with Gasteiger partial charge in [0.15, 0.2) is 12.2 Å². The molecule has 3 atom stereocenters. The summed E-state index contributed by atoms with van der Waals surface area (Å²) >= 11 is 0. The Morgan fingerprint density at radius 2 is 1.76 bits per heavy atom. The Morgan fingerprint density at radius 3 is 2.24 bits per heavy atom. The third-order valence-electron chi connectivity index (χ3n) is 2.36. The summed E-state index contributed by atoms with van der Waals surface area (Å²) in [6, 6.07) is 0. The summed E-state index contributed by atoms with van der Waals surface area (Å²) in [5.74, 6) is -3.14. The Labute approximate surface area is 98.2 Å². The number of hydrogen-bond acceptors (Lipinski definition) is 5. The molecule has 94 valence electrons. The van der Waals surface area contributed by atoms with Crippen LogP contribution in [-0.4, -0.2) is 35.2 Å². The van der Waals surface area contributed by atoms with Crippen molar-refractivity contribution in [1.29, 1.82) is 0 Å². The Balaban J connectivity index is 2.89. The minimum absolute atomic E-state index is 0.241. The molecule has 0 spiro atoms. The molecule has 3 unspecified atom stereocenters. The maximum absolute atomic E-state index is 11.0. The Morgan fingerprint density at radius 1 is 1.18 bits per heavy atom. The molecule has 1 rings (SSSR count). The predicted octanol–water partition coefficient (Wildman–Crippen LogP) is 0.511.